The van der Waals surface area contributed by atoms with Crippen LogP contribution in [0.2, 0.25) is 0 Å². The zero-order valence-corrected chi connectivity index (χ0v) is 50.3. The minimum absolute atomic E-state index is 0. The fourth-order valence-corrected chi connectivity index (χ4v) is 11.4. The number of rotatable bonds is 33. The van der Waals surface area contributed by atoms with Crippen molar-refractivity contribution in [2.75, 3.05) is 58.4 Å². The van der Waals surface area contributed by atoms with Gasteiger partial charge in [0.15, 0.2) is 23.5 Å². The van der Waals surface area contributed by atoms with E-state index < -0.39 is 59.9 Å². The number of nitrogens with two attached hydrogens (primary N) is 1. The topological polar surface area (TPSA) is 249 Å². The molecule has 18 nitrogen and oxygen atoms in total. The molecule has 2 aromatic rings. The second-order valence-corrected chi connectivity index (χ2v) is 22.9. The molecule has 3 rings (SSSR count). The van der Waals surface area contributed by atoms with Crippen LogP contribution in [0.1, 0.15) is 120 Å². The summed E-state index contributed by atoms with van der Waals surface area (Å²) in [6.45, 7) is 11.6. The molecule has 2 heterocycles. The maximum absolute atomic E-state index is 14.4. The zero-order valence-electron chi connectivity index (χ0n) is 44.0. The molecule has 74 heavy (non-hydrogen) atoms. The summed E-state index contributed by atoms with van der Waals surface area (Å²) in [4.78, 5) is 112. The van der Waals surface area contributed by atoms with Crippen LogP contribution in [-0.2, 0) is 77.4 Å². The van der Waals surface area contributed by atoms with Crippen LogP contribution in [0.3, 0.4) is 0 Å². The minimum atomic E-state index is -0.906. The van der Waals surface area contributed by atoms with E-state index in [0.29, 0.717) is 22.7 Å². The van der Waals surface area contributed by atoms with E-state index >= 15 is 0 Å². The Hall–Kier alpha value is -3.24. The molecule has 1 unspecified atom stereocenters. The largest absolute Gasteiger partial charge is 0.455 e. The number of nitrogens with zero attached hydrogens (tertiary/aromatic N) is 4. The van der Waals surface area contributed by atoms with E-state index in [9.17, 15) is 42.7 Å². The van der Waals surface area contributed by atoms with E-state index in [2.05, 4.69) is 39.6 Å². The number of hydrogen-bond donors (Lipinski definition) is 4. The van der Waals surface area contributed by atoms with Crippen LogP contribution >= 0.6 is 42.0 Å². The molecule has 1 fully saturated rings. The zero-order chi connectivity index (χ0) is 54.2. The van der Waals surface area contributed by atoms with Gasteiger partial charge in [-0.15, -0.1) is 11.3 Å². The summed E-state index contributed by atoms with van der Waals surface area (Å²) in [5.74, 6) is -3.11. The summed E-state index contributed by atoms with van der Waals surface area (Å²) in [7, 11) is 9.24. The van der Waals surface area contributed by atoms with Crippen LogP contribution in [0.5, 0.6) is 0 Å². The molecule has 1 aliphatic heterocycles. The van der Waals surface area contributed by atoms with Gasteiger partial charge in [-0.25, -0.2) is 14.2 Å². The average molecular weight is 1180 g/mol. The van der Waals surface area contributed by atoms with E-state index in [1.165, 1.54) is 40.6 Å². The number of alkyl carbamates (subject to hydrolysis) is 1. The van der Waals surface area contributed by atoms with Crippen molar-refractivity contribution in [2.45, 2.75) is 130 Å². The Morgan fingerprint density at radius 3 is 2.38 bits per heavy atom. The van der Waals surface area contributed by atoms with Crippen molar-refractivity contribution in [3.8, 4) is 0 Å². The van der Waals surface area contributed by atoms with Gasteiger partial charge in [-0.05, 0) is 77.8 Å². The molecule has 0 saturated carbocycles. The van der Waals surface area contributed by atoms with Gasteiger partial charge in [0, 0.05) is 113 Å². The number of amides is 4. The van der Waals surface area contributed by atoms with E-state index in [0.717, 1.165) is 37.1 Å². The van der Waals surface area contributed by atoms with Crippen molar-refractivity contribution < 1.29 is 84.9 Å². The first-order valence-electron chi connectivity index (χ1n) is 24.9. The van der Waals surface area contributed by atoms with Gasteiger partial charge in [0.1, 0.15) is 29.7 Å². The number of piperidine rings is 1. The van der Waals surface area contributed by atoms with E-state index in [1.807, 2.05) is 34.7 Å². The molecule has 0 spiro atoms. The van der Waals surface area contributed by atoms with Gasteiger partial charge in [-0.3, -0.25) is 43.2 Å². The first kappa shape index (κ1) is 66.9. The van der Waals surface area contributed by atoms with Crippen LogP contribution in [0.15, 0.2) is 34.4 Å². The van der Waals surface area contributed by atoms with Crippen molar-refractivity contribution in [3.05, 3.63) is 51.7 Å². The number of hydrogen-bond acceptors (Lipinski definition) is 17. The van der Waals surface area contributed by atoms with Crippen LogP contribution in [0.25, 0.3) is 0 Å². The molecule has 5 N–H and O–H groups in total. The quantitative estimate of drug-likeness (QED) is 0.0253. The second kappa shape index (κ2) is 35.2. The molecule has 1 aromatic carbocycles. The van der Waals surface area contributed by atoms with Crippen LogP contribution in [0, 0.1) is 29.5 Å². The van der Waals surface area contributed by atoms with Gasteiger partial charge in [0.05, 0.1) is 18.6 Å². The van der Waals surface area contributed by atoms with Gasteiger partial charge in [0.2, 0.25) is 11.8 Å². The Morgan fingerprint density at radius 2 is 1.74 bits per heavy atom. The average Bonchev–Trinajstić information content (AvgIpc) is 3.85. The summed E-state index contributed by atoms with van der Waals surface area (Å²) < 4.78 is 28.5. The van der Waals surface area contributed by atoms with Crippen molar-refractivity contribution in [1.29, 1.82) is 0 Å². The number of esters is 1. The smallest absolute Gasteiger partial charge is 0.407 e. The van der Waals surface area contributed by atoms with E-state index in [4.69, 9.17) is 15.2 Å². The number of halogens is 1. The number of benzene rings is 1. The fraction of sp³-hybridized carbons (Fsp3) is 0.660. The number of thiazole rings is 1. The summed E-state index contributed by atoms with van der Waals surface area (Å²) in [5, 5.41) is 9.97. The van der Waals surface area contributed by atoms with Crippen LogP contribution in [0.4, 0.5) is 9.18 Å². The first-order valence-corrected chi connectivity index (χ1v) is 28.7. The van der Waals surface area contributed by atoms with Gasteiger partial charge >= 0.3 is 12.1 Å². The molecule has 1 radical (unpaired) electrons. The number of likely N-dealkylation sites (N-methyl/N-ethyl adjacent to an activating group) is 1. The van der Waals surface area contributed by atoms with E-state index in [-0.39, 0.29) is 150 Å². The Labute approximate surface area is 475 Å². The van der Waals surface area contributed by atoms with Gasteiger partial charge in [-0.1, -0.05) is 81.2 Å². The Bertz CT molecular complexity index is 2160. The molecule has 1 aliphatic rings. The van der Waals surface area contributed by atoms with Gasteiger partial charge < -0.3 is 36.1 Å². The predicted molar refractivity (Wildman–Crippen MR) is 286 cm³/mol. The summed E-state index contributed by atoms with van der Waals surface area (Å²) in [5.41, 5.74) is 6.67. The molecule has 1 saturated heterocycles. The third kappa shape index (κ3) is 23.6. The summed E-state index contributed by atoms with van der Waals surface area (Å²) >= 11 is 1.13. The number of carbonyl (C=O) groups excluding carboxylic acids is 8. The molecular weight excluding hydrogens is 1110 g/mol. The first-order chi connectivity index (χ1) is 34.6. The summed E-state index contributed by atoms with van der Waals surface area (Å²) in [6, 6.07) is 3.73. The number of Topliss-reactive ketones (excluding diaryl/α,β-unsaturated/α-hetero) is 3. The molecule has 0 aliphatic carbocycles. The monoisotopic (exact) mass is 1180 g/mol. The third-order valence-electron chi connectivity index (χ3n) is 13.0. The van der Waals surface area contributed by atoms with Crippen LogP contribution in [-0.4, -0.2) is 144 Å². The molecule has 0 bridgehead atoms. The number of nitrogens with one attached hydrogen (secondary N) is 3. The maximum Gasteiger partial charge on any atom is 0.407 e. The van der Waals surface area contributed by atoms with Gasteiger partial charge in [-0.2, -0.15) is 0 Å². The van der Waals surface area contributed by atoms with Crippen molar-refractivity contribution >= 4 is 89.1 Å². The van der Waals surface area contributed by atoms with Crippen molar-refractivity contribution in [2.24, 2.45) is 34.2 Å². The standard InChI is InChI=1S/C50H76FN8O10PS3.Y/c1-9-31(4)38(24-43(62)41-12-10-11-19-58(41)7)49(66)59(8)42(30(2)3)25-45(69-33(6)60)48-57-40(29-71-48)47(65)56-36(23-34-13-15-35(51)16-14-34)22-32(5)44(63)27-54-50(67)68-20-21-72-73-28-39(52)46(64)53-18-17-37(61)26-55-70;/h13-16,29-32,36,38-39,41-42,45,70H,9-12,17-28,52H2,1-8H3,(H,53,64)(H,54,67)(H,56,65);/t31?,32-,36+,38-,39-,41+,42+,45+;/m0./s1. The summed E-state index contributed by atoms with van der Waals surface area (Å²) in [6.07, 6.45) is 2.67. The second-order valence-electron chi connectivity index (χ2n) is 19.0. The molecule has 409 valence electrons. The minimum Gasteiger partial charge on any atom is -0.455 e. The number of likely N-dealkylation sites (tertiary alicyclic amines) is 1. The van der Waals surface area contributed by atoms with Crippen molar-refractivity contribution in [1.82, 2.24) is 30.7 Å². The number of ether oxygens (including phenoxy) is 2. The number of aromatic nitrogens is 1. The molecule has 1 aromatic heterocycles. The fourth-order valence-electron chi connectivity index (χ4n) is 8.46. The Kier molecular flexibility index (Phi) is 31.8. The maximum atomic E-state index is 14.4. The van der Waals surface area contributed by atoms with Gasteiger partial charge in [0.25, 0.3) is 5.91 Å². The number of carbonyl (C=O) groups is 8. The van der Waals surface area contributed by atoms with E-state index in [1.54, 1.807) is 36.4 Å². The molecule has 4 amide bonds. The Morgan fingerprint density at radius 1 is 1.04 bits per heavy atom. The SMILES string of the molecule is CCC(C)[C@H](CC(=O)[C@H]1CCCCN1C)C(=O)N(C)[C@H](C[C@@H](OC(C)=O)c1nc(C(=O)N[C@@H](Cc2ccc(F)cc2)C[C@H](C)C(=O)CNC(=O)OCCSSC[C@H](N)C(=O)NCCC(=O)CN=P)cs1)C(C)C.[Y]. The van der Waals surface area contributed by atoms with Crippen LogP contribution < -0.4 is 21.7 Å². The Balaban J connectivity index is 0.0000187. The molecular formula is C50H76FN8O10PS3Y. The predicted octanol–water partition coefficient (Wildman–Crippen LogP) is 6.64. The normalized spacial score (nSPS) is 16.4. The molecule has 24 heteroatoms. The number of ketones is 3. The third-order valence-corrected chi connectivity index (χ3v) is 16.5. The molecule has 8 atom stereocenters. The van der Waals surface area contributed by atoms with Crippen molar-refractivity contribution in [3.63, 3.8) is 0 Å².